The number of benzene rings is 2. The van der Waals surface area contributed by atoms with E-state index in [1.165, 1.54) is 22.5 Å². The van der Waals surface area contributed by atoms with E-state index in [-0.39, 0.29) is 0 Å². The molecule has 2 saturated heterocycles. The average Bonchev–Trinajstić information content (AvgIpc) is 3.32. The van der Waals surface area contributed by atoms with E-state index in [4.69, 9.17) is 0 Å². The summed E-state index contributed by atoms with van der Waals surface area (Å²) in [6.45, 7) is 10.4. The predicted molar refractivity (Wildman–Crippen MR) is 130 cm³/mol. The Morgan fingerprint density at radius 2 is 1.91 bits per heavy atom. The fourth-order valence-electron chi connectivity index (χ4n) is 6.06. The summed E-state index contributed by atoms with van der Waals surface area (Å²) in [4.78, 5) is 7.86. The van der Waals surface area contributed by atoms with Crippen LogP contribution in [0, 0.1) is 11.3 Å². The van der Waals surface area contributed by atoms with E-state index < -0.39 is 0 Å². The van der Waals surface area contributed by atoms with E-state index in [2.05, 4.69) is 74.7 Å². The van der Waals surface area contributed by atoms with Crippen molar-refractivity contribution in [1.82, 2.24) is 10.2 Å². The Bertz CT molecular complexity index is 1120. The van der Waals surface area contributed by atoms with Crippen LogP contribution in [-0.2, 0) is 13.1 Å². The number of nitrogens with one attached hydrogen (secondary N) is 2. The van der Waals surface area contributed by atoms with Gasteiger partial charge in [0.2, 0.25) is 0 Å². The third-order valence-electron chi connectivity index (χ3n) is 7.58. The largest absolute Gasteiger partial charge is 0.380 e. The van der Waals surface area contributed by atoms with E-state index in [0.29, 0.717) is 12.1 Å². The number of fused-ring (bicyclic) bond motifs is 3. The van der Waals surface area contributed by atoms with E-state index >= 15 is 0 Å². The summed E-state index contributed by atoms with van der Waals surface area (Å²) in [5.74, 6) is 0. The molecule has 0 amide bonds. The second kappa shape index (κ2) is 7.84. The molecule has 2 aromatic rings. The quantitative estimate of drug-likeness (QED) is 0.770. The molecule has 0 aromatic heterocycles. The van der Waals surface area contributed by atoms with E-state index in [0.717, 1.165) is 69.2 Å². The normalized spacial score (nSPS) is 24.4. The second-order valence-electron chi connectivity index (χ2n) is 9.43. The Kier molecular flexibility index (Phi) is 4.82. The van der Waals surface area contributed by atoms with Gasteiger partial charge in [-0.05, 0) is 36.2 Å². The van der Waals surface area contributed by atoms with Crippen LogP contribution in [-0.4, -0.2) is 56.3 Å². The molecular weight excluding hydrogens is 396 g/mol. The third kappa shape index (κ3) is 3.16. The Morgan fingerprint density at radius 3 is 2.81 bits per heavy atom. The molecule has 6 rings (SSSR count). The average molecular weight is 427 g/mol. The lowest BCUT2D eigenvalue weighted by Crippen LogP contribution is -2.65. The molecule has 2 atom stereocenters. The van der Waals surface area contributed by atoms with Crippen molar-refractivity contribution in [3.05, 3.63) is 58.7 Å². The van der Waals surface area contributed by atoms with Crippen LogP contribution in [0.2, 0.25) is 0 Å². The van der Waals surface area contributed by atoms with Gasteiger partial charge in [0.1, 0.15) is 6.07 Å². The van der Waals surface area contributed by atoms with E-state index in [9.17, 15) is 5.26 Å². The van der Waals surface area contributed by atoms with E-state index in [1.807, 2.05) is 6.07 Å². The molecule has 0 spiro atoms. The molecule has 2 fully saturated rings. The van der Waals surface area contributed by atoms with Crippen molar-refractivity contribution in [1.29, 1.82) is 5.26 Å². The number of nitriles is 1. The molecule has 0 saturated carbocycles. The fourth-order valence-corrected chi connectivity index (χ4v) is 6.06. The number of anilines is 3. The summed E-state index contributed by atoms with van der Waals surface area (Å²) >= 11 is 0. The van der Waals surface area contributed by atoms with Crippen molar-refractivity contribution in [3.8, 4) is 6.07 Å². The molecule has 2 aromatic carbocycles. The maximum absolute atomic E-state index is 9.55. The van der Waals surface area contributed by atoms with Crippen LogP contribution in [0.1, 0.15) is 29.2 Å². The van der Waals surface area contributed by atoms with Gasteiger partial charge in [-0.15, -0.1) is 0 Å². The molecule has 0 radical (unpaired) electrons. The van der Waals surface area contributed by atoms with Crippen LogP contribution >= 0.6 is 0 Å². The first kappa shape index (κ1) is 19.7. The maximum Gasteiger partial charge on any atom is 0.101 e. The molecule has 4 aliphatic heterocycles. The van der Waals surface area contributed by atoms with Crippen molar-refractivity contribution in [2.24, 2.45) is 0 Å². The molecule has 164 valence electrons. The fraction of sp³-hybridized carbons (Fsp3) is 0.423. The van der Waals surface area contributed by atoms with Crippen molar-refractivity contribution in [3.63, 3.8) is 0 Å². The minimum atomic E-state index is 0.490. The van der Waals surface area contributed by atoms with Crippen molar-refractivity contribution in [2.45, 2.75) is 32.1 Å². The number of rotatable bonds is 2. The van der Waals surface area contributed by atoms with Crippen LogP contribution in [0.3, 0.4) is 0 Å². The Morgan fingerprint density at radius 1 is 1.00 bits per heavy atom. The van der Waals surface area contributed by atoms with Gasteiger partial charge >= 0.3 is 0 Å². The monoisotopic (exact) mass is 426 g/mol. The molecule has 32 heavy (non-hydrogen) atoms. The Balaban J connectivity index is 1.29. The minimum Gasteiger partial charge on any atom is -0.380 e. The molecule has 2 N–H and O–H groups in total. The van der Waals surface area contributed by atoms with Gasteiger partial charge in [-0.25, -0.2) is 0 Å². The highest BCUT2D eigenvalue weighted by atomic mass is 15.4. The number of hydrogen-bond donors (Lipinski definition) is 2. The highest BCUT2D eigenvalue weighted by Gasteiger charge is 2.37. The van der Waals surface area contributed by atoms with Crippen molar-refractivity contribution in [2.75, 3.05) is 54.4 Å². The van der Waals surface area contributed by atoms with Gasteiger partial charge in [0.25, 0.3) is 0 Å². The maximum atomic E-state index is 9.55. The second-order valence-corrected chi connectivity index (χ2v) is 9.43. The lowest BCUT2D eigenvalue weighted by molar-refractivity contribution is 0.108. The van der Waals surface area contributed by atoms with Crippen molar-refractivity contribution >= 4 is 23.1 Å². The van der Waals surface area contributed by atoms with E-state index in [1.54, 1.807) is 0 Å². The summed E-state index contributed by atoms with van der Waals surface area (Å²) in [7, 11) is 0. The summed E-state index contributed by atoms with van der Waals surface area (Å²) in [6.07, 6.45) is 4.34. The standard InChI is InChI=1S/C26H30N6/c1-18-15-31(25-8-7-19(12-27)26-22(25)5-3-9-29-26)17-21-16-30(10-11-32(18)21)24-6-2-4-20-13-28-14-23(20)24/h2-8,18,21,28-29H,9-11,13-17H2,1H3/t18-,21?/m1/s1. The Labute approximate surface area is 190 Å². The lowest BCUT2D eigenvalue weighted by atomic mass is 9.97. The smallest absolute Gasteiger partial charge is 0.101 e. The molecular formula is C26H30N6. The Hall–Kier alpha value is -3.01. The first-order valence-corrected chi connectivity index (χ1v) is 11.8. The molecule has 0 aliphatic carbocycles. The van der Waals surface area contributed by atoms with Gasteiger partial charge < -0.3 is 20.4 Å². The van der Waals surface area contributed by atoms with Gasteiger partial charge in [0.05, 0.1) is 11.3 Å². The molecule has 4 aliphatic rings. The first-order valence-electron chi connectivity index (χ1n) is 11.8. The number of nitrogens with zero attached hydrogens (tertiary/aromatic N) is 4. The van der Waals surface area contributed by atoms with Crippen LogP contribution in [0.4, 0.5) is 17.1 Å². The summed E-state index contributed by atoms with van der Waals surface area (Å²) < 4.78 is 0. The zero-order valence-electron chi connectivity index (χ0n) is 18.6. The molecule has 0 bridgehead atoms. The van der Waals surface area contributed by atoms with Crippen LogP contribution in [0.15, 0.2) is 36.4 Å². The van der Waals surface area contributed by atoms with Crippen LogP contribution in [0.25, 0.3) is 6.08 Å². The van der Waals surface area contributed by atoms with Crippen LogP contribution < -0.4 is 20.4 Å². The predicted octanol–water partition coefficient (Wildman–Crippen LogP) is 3.00. The van der Waals surface area contributed by atoms with Gasteiger partial charge in [0.15, 0.2) is 0 Å². The summed E-state index contributed by atoms with van der Waals surface area (Å²) in [5, 5.41) is 16.5. The highest BCUT2D eigenvalue weighted by molar-refractivity contribution is 5.84. The first-order chi connectivity index (χ1) is 15.7. The molecule has 4 heterocycles. The van der Waals surface area contributed by atoms with Gasteiger partial charge in [-0.3, -0.25) is 4.90 Å². The molecule has 6 nitrogen and oxygen atoms in total. The van der Waals surface area contributed by atoms with Crippen LogP contribution in [0.5, 0.6) is 0 Å². The number of piperazine rings is 2. The third-order valence-corrected chi connectivity index (χ3v) is 7.58. The number of hydrogen-bond acceptors (Lipinski definition) is 6. The lowest BCUT2D eigenvalue weighted by Gasteiger charge is -2.52. The van der Waals surface area contributed by atoms with Gasteiger partial charge in [-0.2, -0.15) is 5.26 Å². The van der Waals surface area contributed by atoms with Crippen molar-refractivity contribution < 1.29 is 0 Å². The molecule has 6 heteroatoms. The topological polar surface area (TPSA) is 57.6 Å². The summed E-state index contributed by atoms with van der Waals surface area (Å²) in [6, 6.07) is 14.2. The van der Waals surface area contributed by atoms with Gasteiger partial charge in [-0.1, -0.05) is 24.3 Å². The van der Waals surface area contributed by atoms with Gasteiger partial charge in [0, 0.05) is 81.4 Å². The summed E-state index contributed by atoms with van der Waals surface area (Å²) in [5.41, 5.74) is 8.48. The zero-order chi connectivity index (χ0) is 21.7. The molecule has 1 unspecified atom stereocenters. The highest BCUT2D eigenvalue weighted by Crippen LogP contribution is 2.37. The minimum absolute atomic E-state index is 0.490. The zero-order valence-corrected chi connectivity index (χ0v) is 18.6. The SMILES string of the molecule is C[C@@H]1CN(c2ccc(C#N)c3c2C=CCN3)CC2CN(c3cccc4c3CNC4)CCN21.